The van der Waals surface area contributed by atoms with E-state index in [0.717, 1.165) is 63.4 Å². The normalized spacial score (nSPS) is 18.0. The van der Waals surface area contributed by atoms with E-state index in [1.165, 1.54) is 0 Å². The van der Waals surface area contributed by atoms with Gasteiger partial charge in [0.25, 0.3) is 0 Å². The molecule has 0 radical (unpaired) electrons. The average molecular weight is 399 g/mol. The number of aliphatic imine (C=N–C) groups is 1. The molecule has 1 aromatic carbocycles. The van der Waals surface area contributed by atoms with Gasteiger partial charge in [0.2, 0.25) is 5.91 Å². The minimum Gasteiger partial charge on any atom is -0.370 e. The van der Waals surface area contributed by atoms with Crippen LogP contribution < -0.4 is 11.1 Å². The highest BCUT2D eigenvalue weighted by molar-refractivity contribution is 6.35. The molecular formula is C19H28Cl2N4O. The second-order valence-corrected chi connectivity index (χ2v) is 7.54. The number of hydrogen-bond donors (Lipinski definition) is 2. The van der Waals surface area contributed by atoms with E-state index in [1.54, 1.807) is 6.07 Å². The van der Waals surface area contributed by atoms with Gasteiger partial charge in [0.05, 0.1) is 0 Å². The van der Waals surface area contributed by atoms with Gasteiger partial charge < -0.3 is 16.0 Å². The number of piperidine rings is 1. The van der Waals surface area contributed by atoms with Gasteiger partial charge in [0, 0.05) is 42.6 Å². The van der Waals surface area contributed by atoms with Crippen molar-refractivity contribution in [3.05, 3.63) is 33.8 Å². The second kappa shape index (κ2) is 10.6. The predicted molar refractivity (Wildman–Crippen MR) is 109 cm³/mol. The van der Waals surface area contributed by atoms with Gasteiger partial charge in [-0.15, -0.1) is 0 Å². The van der Waals surface area contributed by atoms with Crippen molar-refractivity contribution in [3.63, 3.8) is 0 Å². The number of carbonyl (C=O) groups is 1. The molecule has 0 bridgehead atoms. The number of amides is 1. The molecule has 1 aliphatic rings. The van der Waals surface area contributed by atoms with E-state index in [-0.39, 0.29) is 5.91 Å². The minimum absolute atomic E-state index is 0.223. The van der Waals surface area contributed by atoms with Crippen LogP contribution in [0.4, 0.5) is 0 Å². The molecule has 7 heteroatoms. The Morgan fingerprint density at radius 2 is 2.23 bits per heavy atom. The first-order valence-electron chi connectivity index (χ1n) is 9.25. The van der Waals surface area contributed by atoms with Crippen LogP contribution in [0.25, 0.3) is 0 Å². The summed E-state index contributed by atoms with van der Waals surface area (Å²) in [6.07, 6.45) is 4.33. The zero-order valence-corrected chi connectivity index (χ0v) is 16.8. The number of halogens is 2. The molecule has 3 N–H and O–H groups in total. The summed E-state index contributed by atoms with van der Waals surface area (Å²) in [5.74, 6) is 1.01. The summed E-state index contributed by atoms with van der Waals surface area (Å²) in [5, 5.41) is 4.72. The topological polar surface area (TPSA) is 70.7 Å². The van der Waals surface area contributed by atoms with E-state index < -0.39 is 0 Å². The Morgan fingerprint density at radius 1 is 1.42 bits per heavy atom. The van der Waals surface area contributed by atoms with Gasteiger partial charge >= 0.3 is 0 Å². The van der Waals surface area contributed by atoms with Gasteiger partial charge in [0.15, 0.2) is 5.96 Å². The number of aryl methyl sites for hydroxylation is 1. The Balaban J connectivity index is 1.90. The molecular weight excluding hydrogens is 371 g/mol. The Kier molecular flexibility index (Phi) is 8.52. The lowest BCUT2D eigenvalue weighted by molar-refractivity contribution is -0.119. The lowest BCUT2D eigenvalue weighted by Gasteiger charge is -2.34. The molecule has 0 aliphatic carbocycles. The maximum atomic E-state index is 11.2. The Morgan fingerprint density at radius 3 is 2.92 bits per heavy atom. The quantitative estimate of drug-likeness (QED) is 0.419. The van der Waals surface area contributed by atoms with Crippen molar-refractivity contribution >= 4 is 35.1 Å². The van der Waals surface area contributed by atoms with Crippen LogP contribution >= 0.6 is 23.2 Å². The smallest absolute Gasteiger partial charge is 0.217 e. The highest BCUT2D eigenvalue weighted by Crippen LogP contribution is 2.22. The van der Waals surface area contributed by atoms with Gasteiger partial charge in [0.1, 0.15) is 0 Å². The average Bonchev–Trinajstić information content (AvgIpc) is 2.59. The summed E-state index contributed by atoms with van der Waals surface area (Å²) in [4.78, 5) is 18.2. The molecule has 0 spiro atoms. The molecule has 0 saturated carbocycles. The van der Waals surface area contributed by atoms with Gasteiger partial charge in [-0.2, -0.15) is 0 Å². The number of nitrogens with two attached hydrogens (primary N) is 1. The lowest BCUT2D eigenvalue weighted by Crippen LogP contribution is -2.47. The number of nitrogens with zero attached hydrogens (tertiary/aromatic N) is 2. The van der Waals surface area contributed by atoms with Gasteiger partial charge in [-0.25, -0.2) is 0 Å². The first kappa shape index (κ1) is 20.8. The molecule has 1 saturated heterocycles. The molecule has 1 amide bonds. The zero-order chi connectivity index (χ0) is 18.9. The number of guanidine groups is 1. The molecule has 26 heavy (non-hydrogen) atoms. The van der Waals surface area contributed by atoms with Crippen LogP contribution in [0.2, 0.25) is 10.0 Å². The van der Waals surface area contributed by atoms with Crippen LogP contribution in [0.1, 0.15) is 38.2 Å². The number of benzene rings is 1. The number of nitrogens with one attached hydrogen (secondary N) is 1. The van der Waals surface area contributed by atoms with Crippen LogP contribution in [-0.2, 0) is 11.2 Å². The van der Waals surface area contributed by atoms with E-state index in [9.17, 15) is 4.79 Å². The highest BCUT2D eigenvalue weighted by Gasteiger charge is 2.23. The fourth-order valence-electron chi connectivity index (χ4n) is 3.31. The molecule has 1 fully saturated rings. The summed E-state index contributed by atoms with van der Waals surface area (Å²) < 4.78 is 0. The summed E-state index contributed by atoms with van der Waals surface area (Å²) in [6.45, 7) is 5.40. The van der Waals surface area contributed by atoms with Crippen LogP contribution in [0.5, 0.6) is 0 Å². The molecule has 1 aliphatic heterocycles. The third-order valence-electron chi connectivity index (χ3n) is 4.52. The maximum absolute atomic E-state index is 11.2. The third-order valence-corrected chi connectivity index (χ3v) is 5.11. The van der Waals surface area contributed by atoms with E-state index in [0.29, 0.717) is 22.4 Å². The molecule has 1 unspecified atom stereocenters. The molecule has 1 atom stereocenters. The van der Waals surface area contributed by atoms with E-state index in [1.807, 2.05) is 12.1 Å². The fourth-order valence-corrected chi connectivity index (χ4v) is 3.82. The first-order chi connectivity index (χ1) is 12.5. The number of rotatable bonds is 7. The van der Waals surface area contributed by atoms with Crippen molar-refractivity contribution in [2.75, 3.05) is 26.2 Å². The molecule has 0 aromatic heterocycles. The fraction of sp³-hybridized carbons (Fsp3) is 0.579. The standard InChI is InChI=1S/C19H28Cl2N4O/c1-2-23-19(25-10-4-5-14(13-25)11-18(22)26)24-9-3-6-15-7-8-16(20)12-17(15)21/h7-8,12,14H,2-6,9-11,13H2,1H3,(H2,22,26)(H,23,24). The second-order valence-electron chi connectivity index (χ2n) is 6.70. The number of carbonyl (C=O) groups excluding carboxylic acids is 1. The van der Waals surface area contributed by atoms with Crippen LogP contribution in [0, 0.1) is 5.92 Å². The van der Waals surface area contributed by atoms with Crippen molar-refractivity contribution in [3.8, 4) is 0 Å². The molecule has 1 heterocycles. The minimum atomic E-state index is -0.223. The van der Waals surface area contributed by atoms with Crippen molar-refractivity contribution in [1.29, 1.82) is 0 Å². The Bertz CT molecular complexity index is 636. The number of hydrogen-bond acceptors (Lipinski definition) is 2. The van der Waals surface area contributed by atoms with Crippen molar-refractivity contribution in [2.24, 2.45) is 16.6 Å². The molecule has 144 valence electrons. The molecule has 1 aromatic rings. The monoisotopic (exact) mass is 398 g/mol. The largest absolute Gasteiger partial charge is 0.370 e. The van der Waals surface area contributed by atoms with Crippen LogP contribution in [0.15, 0.2) is 23.2 Å². The summed E-state index contributed by atoms with van der Waals surface area (Å²) >= 11 is 12.2. The summed E-state index contributed by atoms with van der Waals surface area (Å²) in [6, 6.07) is 5.61. The van der Waals surface area contributed by atoms with Crippen LogP contribution in [0.3, 0.4) is 0 Å². The molecule has 2 rings (SSSR count). The lowest BCUT2D eigenvalue weighted by atomic mass is 9.95. The van der Waals surface area contributed by atoms with E-state index in [4.69, 9.17) is 33.9 Å². The van der Waals surface area contributed by atoms with Gasteiger partial charge in [-0.1, -0.05) is 29.3 Å². The number of likely N-dealkylation sites (tertiary alicyclic amines) is 1. The zero-order valence-electron chi connectivity index (χ0n) is 15.3. The van der Waals surface area contributed by atoms with Crippen LogP contribution in [-0.4, -0.2) is 42.9 Å². The Hall–Kier alpha value is -1.46. The maximum Gasteiger partial charge on any atom is 0.217 e. The summed E-state index contributed by atoms with van der Waals surface area (Å²) in [7, 11) is 0. The SMILES string of the molecule is CCNC(=NCCCc1ccc(Cl)cc1Cl)N1CCCC(CC(N)=O)C1. The Labute approximate surface area is 165 Å². The van der Waals surface area contributed by atoms with Crippen molar-refractivity contribution in [2.45, 2.75) is 39.0 Å². The first-order valence-corrected chi connectivity index (χ1v) is 10.0. The highest BCUT2D eigenvalue weighted by atomic mass is 35.5. The number of primary amides is 1. The molecule has 5 nitrogen and oxygen atoms in total. The van der Waals surface area contributed by atoms with Crippen molar-refractivity contribution < 1.29 is 4.79 Å². The van der Waals surface area contributed by atoms with Crippen molar-refractivity contribution in [1.82, 2.24) is 10.2 Å². The van der Waals surface area contributed by atoms with Gasteiger partial charge in [-0.05, 0) is 56.2 Å². The summed E-state index contributed by atoms with van der Waals surface area (Å²) in [5.41, 5.74) is 6.45. The third kappa shape index (κ3) is 6.69. The predicted octanol–water partition coefficient (Wildman–Crippen LogP) is 3.48. The van der Waals surface area contributed by atoms with E-state index >= 15 is 0 Å². The van der Waals surface area contributed by atoms with E-state index in [2.05, 4.69) is 17.1 Å². The van der Waals surface area contributed by atoms with Gasteiger partial charge in [-0.3, -0.25) is 9.79 Å².